The maximum Gasteiger partial charge on any atom is 0.326 e. The first-order valence-electron chi connectivity index (χ1n) is 12.6. The quantitative estimate of drug-likeness (QED) is 0.0517. The molecule has 12 N–H and O–H groups in total. The second-order valence-electron chi connectivity index (χ2n) is 9.27. The highest BCUT2D eigenvalue weighted by atomic mass is 32.2. The molecule has 0 fully saturated rings. The fourth-order valence-electron chi connectivity index (χ4n) is 3.43. The van der Waals surface area contributed by atoms with Crippen molar-refractivity contribution in [3.8, 4) is 0 Å². The summed E-state index contributed by atoms with van der Waals surface area (Å²) in [4.78, 5) is 54.2. The Morgan fingerprint density at radius 1 is 0.865 bits per heavy atom. The summed E-state index contributed by atoms with van der Waals surface area (Å²) < 4.78 is 0. The summed E-state index contributed by atoms with van der Waals surface area (Å²) in [6.07, 6.45) is 4.72. The standard InChI is InChI=1S/C23H46N8O5S/c1-14(2)13-18(22(35)36)31-21(34)17(9-12-37-3)30-20(33)16(8-4-5-10-24)29-19(32)15(25)7-6-11-28-23(26)27/h14-18H,4-13,24-25H2,1-3H3,(H,29,32)(H,30,33)(H,31,34)(H,35,36)(H4,26,27,28). The number of nitrogens with two attached hydrogens (primary N) is 4. The van der Waals surface area contributed by atoms with Gasteiger partial charge in [-0.15, -0.1) is 0 Å². The molecule has 4 unspecified atom stereocenters. The minimum atomic E-state index is -1.14. The number of aliphatic carboxylic acids is 1. The van der Waals surface area contributed by atoms with Gasteiger partial charge in [-0.3, -0.25) is 19.4 Å². The second kappa shape index (κ2) is 19.5. The Labute approximate surface area is 223 Å². The van der Waals surface area contributed by atoms with Crippen LogP contribution in [0.4, 0.5) is 0 Å². The third kappa shape index (κ3) is 16.0. The molecule has 3 amide bonds. The Bertz CT molecular complexity index is 749. The average molecular weight is 547 g/mol. The zero-order valence-corrected chi connectivity index (χ0v) is 23.0. The number of thioether (sulfide) groups is 1. The first-order chi connectivity index (χ1) is 17.4. The van der Waals surface area contributed by atoms with E-state index in [1.54, 1.807) is 0 Å². The number of carboxylic acids is 1. The molecular weight excluding hydrogens is 500 g/mol. The number of carbonyl (C=O) groups is 4. The average Bonchev–Trinajstić information content (AvgIpc) is 2.82. The lowest BCUT2D eigenvalue weighted by Crippen LogP contribution is -2.57. The van der Waals surface area contributed by atoms with E-state index in [1.165, 1.54) is 11.8 Å². The number of amides is 3. The van der Waals surface area contributed by atoms with E-state index in [0.717, 1.165) is 0 Å². The van der Waals surface area contributed by atoms with Crippen LogP contribution in [0.3, 0.4) is 0 Å². The number of unbranched alkanes of at least 4 members (excludes halogenated alkanes) is 1. The molecule has 0 rings (SSSR count). The van der Waals surface area contributed by atoms with Crippen molar-refractivity contribution >= 4 is 41.4 Å². The summed E-state index contributed by atoms with van der Waals surface area (Å²) in [5.41, 5.74) is 22.1. The fraction of sp³-hybridized carbons (Fsp3) is 0.783. The van der Waals surface area contributed by atoms with Gasteiger partial charge in [0.15, 0.2) is 5.96 Å². The normalized spacial score (nSPS) is 14.2. The molecule has 0 aliphatic heterocycles. The van der Waals surface area contributed by atoms with Crippen LogP contribution in [0, 0.1) is 5.92 Å². The molecule has 4 atom stereocenters. The van der Waals surface area contributed by atoms with Crippen LogP contribution in [0.1, 0.15) is 58.8 Å². The number of carbonyl (C=O) groups excluding carboxylic acids is 3. The molecule has 0 aliphatic rings. The number of nitrogens with one attached hydrogen (secondary N) is 3. The van der Waals surface area contributed by atoms with Crippen molar-refractivity contribution in [2.75, 3.05) is 25.1 Å². The number of rotatable bonds is 20. The highest BCUT2D eigenvalue weighted by molar-refractivity contribution is 7.98. The van der Waals surface area contributed by atoms with E-state index >= 15 is 0 Å². The lowest BCUT2D eigenvalue weighted by Gasteiger charge is -2.25. The van der Waals surface area contributed by atoms with Gasteiger partial charge in [-0.25, -0.2) is 4.79 Å². The zero-order chi connectivity index (χ0) is 28.4. The van der Waals surface area contributed by atoms with E-state index in [-0.39, 0.29) is 18.3 Å². The molecule has 214 valence electrons. The zero-order valence-electron chi connectivity index (χ0n) is 22.2. The molecule has 0 aromatic carbocycles. The predicted octanol–water partition coefficient (Wildman–Crippen LogP) is -1.17. The molecule has 0 aliphatic carbocycles. The molecule has 0 spiro atoms. The first kappa shape index (κ1) is 34.4. The van der Waals surface area contributed by atoms with Crippen molar-refractivity contribution in [2.24, 2.45) is 33.8 Å². The van der Waals surface area contributed by atoms with Crippen LogP contribution in [0.25, 0.3) is 0 Å². The molecule has 0 saturated carbocycles. The summed E-state index contributed by atoms with van der Waals surface area (Å²) in [6.45, 7) is 4.46. The smallest absolute Gasteiger partial charge is 0.326 e. The molecule has 0 heterocycles. The maximum absolute atomic E-state index is 13.2. The van der Waals surface area contributed by atoms with Gasteiger partial charge in [0.05, 0.1) is 6.04 Å². The molecule has 0 aromatic heterocycles. The van der Waals surface area contributed by atoms with Crippen LogP contribution in [0.2, 0.25) is 0 Å². The Morgan fingerprint density at radius 3 is 1.95 bits per heavy atom. The number of hydrogen-bond donors (Lipinski definition) is 8. The van der Waals surface area contributed by atoms with Gasteiger partial charge >= 0.3 is 5.97 Å². The highest BCUT2D eigenvalue weighted by Crippen LogP contribution is 2.09. The molecule has 37 heavy (non-hydrogen) atoms. The molecule has 0 radical (unpaired) electrons. The predicted molar refractivity (Wildman–Crippen MR) is 147 cm³/mol. The first-order valence-corrected chi connectivity index (χ1v) is 14.0. The van der Waals surface area contributed by atoms with Gasteiger partial charge in [0.2, 0.25) is 17.7 Å². The van der Waals surface area contributed by atoms with Crippen molar-refractivity contribution in [2.45, 2.75) is 83.0 Å². The van der Waals surface area contributed by atoms with Crippen LogP contribution in [-0.2, 0) is 19.2 Å². The van der Waals surface area contributed by atoms with Crippen LogP contribution < -0.4 is 38.9 Å². The van der Waals surface area contributed by atoms with Gasteiger partial charge in [-0.1, -0.05) is 13.8 Å². The third-order valence-corrected chi connectivity index (χ3v) is 6.09. The summed E-state index contributed by atoms with van der Waals surface area (Å²) in [5.74, 6) is -2.22. The lowest BCUT2D eigenvalue weighted by molar-refractivity contribution is -0.142. The number of carboxylic acid groups (broad SMARTS) is 1. The number of nitrogens with zero attached hydrogens (tertiary/aromatic N) is 1. The van der Waals surface area contributed by atoms with E-state index in [2.05, 4.69) is 20.9 Å². The van der Waals surface area contributed by atoms with E-state index in [1.807, 2.05) is 20.1 Å². The van der Waals surface area contributed by atoms with Crippen LogP contribution in [0.5, 0.6) is 0 Å². The minimum absolute atomic E-state index is 0.0476. The summed E-state index contributed by atoms with van der Waals surface area (Å²) in [6, 6.07) is -3.84. The Balaban J connectivity index is 5.40. The summed E-state index contributed by atoms with van der Waals surface area (Å²) in [7, 11) is 0. The summed E-state index contributed by atoms with van der Waals surface area (Å²) in [5, 5.41) is 17.4. The number of aliphatic imine (C=N–C) groups is 1. The second-order valence-corrected chi connectivity index (χ2v) is 10.3. The topological polar surface area (TPSA) is 241 Å². The van der Waals surface area contributed by atoms with Gasteiger partial charge in [0.1, 0.15) is 18.1 Å². The molecule has 0 saturated heterocycles. The van der Waals surface area contributed by atoms with Crippen molar-refractivity contribution in [1.82, 2.24) is 16.0 Å². The minimum Gasteiger partial charge on any atom is -0.480 e. The van der Waals surface area contributed by atoms with Crippen molar-refractivity contribution in [3.63, 3.8) is 0 Å². The van der Waals surface area contributed by atoms with Crippen LogP contribution >= 0.6 is 11.8 Å². The van der Waals surface area contributed by atoms with Crippen LogP contribution in [-0.4, -0.2) is 84.0 Å². The molecular formula is C23H46N8O5S. The monoisotopic (exact) mass is 546 g/mol. The van der Waals surface area contributed by atoms with Gasteiger partial charge in [0, 0.05) is 6.54 Å². The third-order valence-electron chi connectivity index (χ3n) is 5.45. The van der Waals surface area contributed by atoms with Gasteiger partial charge in [0.25, 0.3) is 0 Å². The number of guanidine groups is 1. The lowest BCUT2D eigenvalue weighted by atomic mass is 10.0. The Morgan fingerprint density at radius 2 is 1.43 bits per heavy atom. The Hall–Kier alpha value is -2.58. The number of hydrogen-bond acceptors (Lipinski definition) is 8. The molecule has 0 bridgehead atoms. The van der Waals surface area contributed by atoms with Crippen LogP contribution in [0.15, 0.2) is 4.99 Å². The van der Waals surface area contributed by atoms with Gasteiger partial charge in [-0.05, 0) is 69.4 Å². The fourth-order valence-corrected chi connectivity index (χ4v) is 3.90. The van der Waals surface area contributed by atoms with E-state index < -0.39 is 47.9 Å². The molecule has 14 heteroatoms. The molecule has 13 nitrogen and oxygen atoms in total. The maximum atomic E-state index is 13.2. The Kier molecular flexibility index (Phi) is 18.2. The van der Waals surface area contributed by atoms with Gasteiger partial charge < -0.3 is 44.0 Å². The van der Waals surface area contributed by atoms with E-state index in [9.17, 15) is 24.3 Å². The van der Waals surface area contributed by atoms with Gasteiger partial charge in [-0.2, -0.15) is 11.8 Å². The van der Waals surface area contributed by atoms with E-state index in [0.29, 0.717) is 57.4 Å². The summed E-state index contributed by atoms with van der Waals surface area (Å²) >= 11 is 1.49. The highest BCUT2D eigenvalue weighted by Gasteiger charge is 2.30. The molecule has 0 aromatic rings. The van der Waals surface area contributed by atoms with Crippen molar-refractivity contribution in [1.29, 1.82) is 0 Å². The van der Waals surface area contributed by atoms with Crippen molar-refractivity contribution in [3.05, 3.63) is 0 Å². The van der Waals surface area contributed by atoms with E-state index in [4.69, 9.17) is 22.9 Å². The van der Waals surface area contributed by atoms with Crippen molar-refractivity contribution < 1.29 is 24.3 Å². The SMILES string of the molecule is CSCCC(NC(=O)C(CCCCN)NC(=O)C(N)CCCN=C(N)N)C(=O)NC(CC(C)C)C(=O)O. The largest absolute Gasteiger partial charge is 0.480 e.